The van der Waals surface area contributed by atoms with Gasteiger partial charge in [0.2, 0.25) is 0 Å². The maximum Gasteiger partial charge on any atom is 0.135 e. The summed E-state index contributed by atoms with van der Waals surface area (Å²) in [4.78, 5) is 2.52. The molecule has 0 spiro atoms. The third-order valence-electron chi connectivity index (χ3n) is 14.9. The fourth-order valence-corrected chi connectivity index (χ4v) is 11.4. The Balaban J connectivity index is 0.988. The predicted molar refractivity (Wildman–Crippen MR) is 277 cm³/mol. The fraction of sp³-hybridized carbons (Fsp3) is 0.0938. The minimum Gasteiger partial charge on any atom is -0.456 e. The van der Waals surface area contributed by atoms with Gasteiger partial charge in [0.05, 0.1) is 5.69 Å². The number of fused-ring (bicyclic) bond motifs is 10. The van der Waals surface area contributed by atoms with Crippen LogP contribution in [0, 0.1) is 0 Å². The zero-order valence-corrected chi connectivity index (χ0v) is 37.6. The normalized spacial score (nSPS) is 14.0. The van der Waals surface area contributed by atoms with Gasteiger partial charge >= 0.3 is 0 Å². The number of rotatable bonds is 6. The molecule has 10 aromatic carbocycles. The van der Waals surface area contributed by atoms with Crippen molar-refractivity contribution in [3.63, 3.8) is 0 Å². The topological polar surface area (TPSA) is 16.4 Å². The molecule has 1 heterocycles. The van der Waals surface area contributed by atoms with Crippen molar-refractivity contribution in [3.05, 3.63) is 235 Å². The summed E-state index contributed by atoms with van der Waals surface area (Å²) in [6.45, 7) is 9.57. The van der Waals surface area contributed by atoms with Crippen LogP contribution in [0.4, 0.5) is 17.1 Å². The number of hydrogen-bond acceptors (Lipinski definition) is 2. The van der Waals surface area contributed by atoms with Crippen molar-refractivity contribution in [1.29, 1.82) is 0 Å². The van der Waals surface area contributed by atoms with Gasteiger partial charge in [-0.2, -0.15) is 0 Å². The molecule has 13 rings (SSSR count). The number of nitrogens with zero attached hydrogens (tertiary/aromatic N) is 1. The first-order chi connectivity index (χ1) is 32.2. The van der Waals surface area contributed by atoms with Crippen molar-refractivity contribution in [2.24, 2.45) is 0 Å². The lowest BCUT2D eigenvalue weighted by atomic mass is 9.81. The van der Waals surface area contributed by atoms with Gasteiger partial charge in [0.15, 0.2) is 0 Å². The van der Waals surface area contributed by atoms with E-state index in [4.69, 9.17) is 4.42 Å². The van der Waals surface area contributed by atoms with Gasteiger partial charge in [0, 0.05) is 38.4 Å². The van der Waals surface area contributed by atoms with E-state index in [-0.39, 0.29) is 10.8 Å². The predicted octanol–water partition coefficient (Wildman–Crippen LogP) is 17.8. The molecule has 0 unspecified atom stereocenters. The number of hydrogen-bond donors (Lipinski definition) is 0. The van der Waals surface area contributed by atoms with E-state index < -0.39 is 0 Å². The monoisotopic (exact) mass is 845 g/mol. The number of para-hydroxylation sites is 1. The second-order valence-corrected chi connectivity index (χ2v) is 19.3. The third-order valence-corrected chi connectivity index (χ3v) is 14.9. The standard InChI is InChI=1S/C64H47NO/c1-63(2)56-36-42(40-15-7-5-8-16-40)23-28-49(56)51-30-26-45(38-58(51)63)65(46-27-31-52-50-29-24-43(41-17-9-6-10-18-41)37-57(50)64(3,4)59(52)39-46)60-33-32-47(48-19-11-12-20-53(48)60)44-25-34-62-55(35-44)54-21-13-14-22-61(54)66-62/h5-39H,1-4H3. The molecule has 11 aromatic rings. The Morgan fingerprint density at radius 3 is 1.32 bits per heavy atom. The average molecular weight is 846 g/mol. The van der Waals surface area contributed by atoms with Gasteiger partial charge in [-0.25, -0.2) is 0 Å². The minimum atomic E-state index is -0.211. The van der Waals surface area contributed by atoms with Gasteiger partial charge in [0.25, 0.3) is 0 Å². The van der Waals surface area contributed by atoms with Gasteiger partial charge in [-0.05, 0) is 144 Å². The molecular weight excluding hydrogens is 799 g/mol. The van der Waals surface area contributed by atoms with Gasteiger partial charge in [-0.15, -0.1) is 0 Å². The van der Waals surface area contributed by atoms with Crippen LogP contribution in [0.1, 0.15) is 49.9 Å². The van der Waals surface area contributed by atoms with Crippen LogP contribution < -0.4 is 4.90 Å². The molecule has 2 aliphatic rings. The summed E-state index contributed by atoms with van der Waals surface area (Å²) >= 11 is 0. The highest BCUT2D eigenvalue weighted by molar-refractivity contribution is 6.10. The first-order valence-corrected chi connectivity index (χ1v) is 23.2. The van der Waals surface area contributed by atoms with E-state index in [9.17, 15) is 0 Å². The summed E-state index contributed by atoms with van der Waals surface area (Å²) in [6.07, 6.45) is 0. The summed E-state index contributed by atoms with van der Waals surface area (Å²) < 4.78 is 6.26. The molecule has 0 aliphatic heterocycles. The summed E-state index contributed by atoms with van der Waals surface area (Å²) in [7, 11) is 0. The molecule has 66 heavy (non-hydrogen) atoms. The van der Waals surface area contributed by atoms with Crippen LogP contribution in [0.15, 0.2) is 217 Å². The number of anilines is 3. The third kappa shape index (κ3) is 5.74. The molecule has 0 radical (unpaired) electrons. The molecule has 0 fully saturated rings. The molecule has 0 saturated heterocycles. The van der Waals surface area contributed by atoms with Crippen molar-refractivity contribution in [1.82, 2.24) is 0 Å². The number of furan rings is 1. The first-order valence-electron chi connectivity index (χ1n) is 23.2. The van der Waals surface area contributed by atoms with E-state index in [2.05, 4.69) is 239 Å². The molecule has 2 aliphatic carbocycles. The largest absolute Gasteiger partial charge is 0.456 e. The molecule has 0 amide bonds. The van der Waals surface area contributed by atoms with Crippen LogP contribution in [-0.2, 0) is 10.8 Å². The van der Waals surface area contributed by atoms with E-state index in [1.807, 2.05) is 6.07 Å². The van der Waals surface area contributed by atoms with Crippen LogP contribution in [-0.4, -0.2) is 0 Å². The zero-order chi connectivity index (χ0) is 44.3. The van der Waals surface area contributed by atoms with Crippen molar-refractivity contribution >= 4 is 49.8 Å². The maximum absolute atomic E-state index is 6.26. The van der Waals surface area contributed by atoms with Gasteiger partial charge in [0.1, 0.15) is 11.2 Å². The van der Waals surface area contributed by atoms with Crippen molar-refractivity contribution in [3.8, 4) is 55.6 Å². The summed E-state index contributed by atoms with van der Waals surface area (Å²) in [5.74, 6) is 0. The highest BCUT2D eigenvalue weighted by Gasteiger charge is 2.38. The Morgan fingerprint density at radius 1 is 0.303 bits per heavy atom. The van der Waals surface area contributed by atoms with Crippen LogP contribution in [0.25, 0.3) is 88.3 Å². The Morgan fingerprint density at radius 2 is 0.742 bits per heavy atom. The molecular formula is C64H47NO. The smallest absolute Gasteiger partial charge is 0.135 e. The van der Waals surface area contributed by atoms with Crippen LogP contribution in [0.3, 0.4) is 0 Å². The van der Waals surface area contributed by atoms with Gasteiger partial charge in [-0.3, -0.25) is 0 Å². The summed E-state index contributed by atoms with van der Waals surface area (Å²) in [6, 6.07) is 78.5. The minimum absolute atomic E-state index is 0.211. The molecule has 0 saturated carbocycles. The second kappa shape index (κ2) is 14.3. The molecule has 0 bridgehead atoms. The Bertz CT molecular complexity index is 3610. The van der Waals surface area contributed by atoms with E-state index >= 15 is 0 Å². The molecule has 314 valence electrons. The molecule has 2 nitrogen and oxygen atoms in total. The lowest BCUT2D eigenvalue weighted by molar-refractivity contribution is 0.660. The Hall–Kier alpha value is -7.94. The van der Waals surface area contributed by atoms with E-state index in [1.54, 1.807) is 0 Å². The highest BCUT2D eigenvalue weighted by Crippen LogP contribution is 2.55. The fourth-order valence-electron chi connectivity index (χ4n) is 11.4. The van der Waals surface area contributed by atoms with Crippen molar-refractivity contribution in [2.75, 3.05) is 4.90 Å². The molecule has 0 atom stereocenters. The van der Waals surface area contributed by atoms with Crippen LogP contribution in [0.5, 0.6) is 0 Å². The lowest BCUT2D eigenvalue weighted by Gasteiger charge is -2.31. The first kappa shape index (κ1) is 38.5. The Kier molecular flexibility index (Phi) is 8.33. The van der Waals surface area contributed by atoms with Crippen LogP contribution in [0.2, 0.25) is 0 Å². The van der Waals surface area contributed by atoms with Gasteiger partial charge in [-0.1, -0.05) is 179 Å². The molecule has 1 aromatic heterocycles. The molecule has 0 N–H and O–H groups in total. The van der Waals surface area contributed by atoms with Crippen LogP contribution >= 0.6 is 0 Å². The second-order valence-electron chi connectivity index (χ2n) is 19.3. The van der Waals surface area contributed by atoms with Gasteiger partial charge < -0.3 is 9.32 Å². The SMILES string of the molecule is CC1(C)c2cc(-c3ccccc3)ccc2-c2ccc(N(c3ccc4c(c3)C(C)(C)c3cc(-c5ccccc5)ccc3-4)c3ccc(-c4ccc5oc6ccccc6c5c4)c4ccccc34)cc21. The number of benzene rings is 10. The summed E-state index contributed by atoms with van der Waals surface area (Å²) in [5.41, 5.74) is 22.8. The molecule has 2 heteroatoms. The zero-order valence-electron chi connectivity index (χ0n) is 37.6. The average Bonchev–Trinajstić information content (AvgIpc) is 3.93. The maximum atomic E-state index is 6.26. The Labute approximate surface area is 386 Å². The van der Waals surface area contributed by atoms with E-state index in [1.165, 1.54) is 88.7 Å². The summed E-state index contributed by atoms with van der Waals surface area (Å²) in [5, 5.41) is 4.67. The quantitative estimate of drug-likeness (QED) is 0.166. The van der Waals surface area contributed by atoms with E-state index in [0.29, 0.717) is 0 Å². The van der Waals surface area contributed by atoms with Crippen molar-refractivity contribution < 1.29 is 4.42 Å². The van der Waals surface area contributed by atoms with E-state index in [0.717, 1.165) is 39.0 Å². The van der Waals surface area contributed by atoms with Crippen molar-refractivity contribution in [2.45, 2.75) is 38.5 Å². The highest BCUT2D eigenvalue weighted by atomic mass is 16.3. The lowest BCUT2D eigenvalue weighted by Crippen LogP contribution is -2.18.